The fourth-order valence-electron chi connectivity index (χ4n) is 4.70. The van der Waals surface area contributed by atoms with Crippen molar-refractivity contribution in [3.05, 3.63) is 71.8 Å². The number of nitrogens with zero attached hydrogens (tertiary/aromatic N) is 2. The number of halogens is 2. The third kappa shape index (κ3) is 6.89. The Kier molecular flexibility index (Phi) is 10.7. The predicted molar refractivity (Wildman–Crippen MR) is 117 cm³/mol. The second kappa shape index (κ2) is 11.6. The third-order valence-electron chi connectivity index (χ3n) is 6.96. The highest BCUT2D eigenvalue weighted by Gasteiger charge is 2.44. The van der Waals surface area contributed by atoms with Gasteiger partial charge < -0.3 is 62.0 Å². The lowest BCUT2D eigenvalue weighted by Crippen LogP contribution is -3.00. The zero-order valence-electron chi connectivity index (χ0n) is 18.9. The summed E-state index contributed by atoms with van der Waals surface area (Å²) in [5.41, 5.74) is 1.56. The summed E-state index contributed by atoms with van der Waals surface area (Å²) in [5.74, 6) is 0.181. The Hall–Kier alpha value is -0.220. The Bertz CT molecular complexity index is 744. The number of benzene rings is 2. The van der Waals surface area contributed by atoms with Crippen LogP contribution in [0.3, 0.4) is 0 Å². The number of quaternary nitrogens is 2. The molecule has 168 valence electrons. The minimum Gasteiger partial charge on any atom is -1.00 e. The van der Waals surface area contributed by atoms with Crippen LogP contribution in [-0.2, 0) is 12.0 Å². The van der Waals surface area contributed by atoms with Crippen LogP contribution in [0.1, 0.15) is 24.5 Å². The van der Waals surface area contributed by atoms with Crippen LogP contribution >= 0.6 is 0 Å². The lowest BCUT2D eigenvalue weighted by Gasteiger charge is -2.48. The van der Waals surface area contributed by atoms with Crippen LogP contribution in [0.5, 0.6) is 0 Å². The van der Waals surface area contributed by atoms with Crippen LogP contribution in [0.2, 0.25) is 0 Å². The van der Waals surface area contributed by atoms with Gasteiger partial charge in [0.2, 0.25) is 0 Å². The molecule has 0 saturated carbocycles. The van der Waals surface area contributed by atoms with Crippen LogP contribution in [0.15, 0.2) is 60.7 Å². The van der Waals surface area contributed by atoms with Crippen LogP contribution in [0.4, 0.5) is 0 Å². The molecular formula is C25H38I2N2O. The average molecular weight is 636 g/mol. The van der Waals surface area contributed by atoms with Crippen molar-refractivity contribution in [2.75, 3.05) is 53.9 Å². The first-order valence-corrected chi connectivity index (χ1v) is 10.7. The van der Waals surface area contributed by atoms with Gasteiger partial charge in [-0.1, -0.05) is 67.6 Å². The summed E-state index contributed by atoms with van der Waals surface area (Å²) < 4.78 is 2.16. The molecule has 3 rings (SSSR count). The number of hydrogen-bond donors (Lipinski definition) is 1. The van der Waals surface area contributed by atoms with Crippen molar-refractivity contribution in [3.63, 3.8) is 0 Å². The number of rotatable bonds is 7. The normalized spacial score (nSPS) is 20.2. The SMILES string of the molecule is CCC(O)(c1ccccc1)C(Cc1ccccc1)C[N+]1(C)CC[N+](C)(C)CC1.[I-].[I-]. The van der Waals surface area contributed by atoms with Crippen molar-refractivity contribution in [2.24, 2.45) is 5.92 Å². The molecule has 0 amide bonds. The molecule has 1 aliphatic heterocycles. The molecule has 2 unspecified atom stereocenters. The smallest absolute Gasteiger partial charge is 0.128 e. The van der Waals surface area contributed by atoms with Gasteiger partial charge in [-0.05, 0) is 24.0 Å². The van der Waals surface area contributed by atoms with Gasteiger partial charge in [-0.3, -0.25) is 0 Å². The van der Waals surface area contributed by atoms with Crippen LogP contribution < -0.4 is 48.0 Å². The molecule has 0 spiro atoms. The van der Waals surface area contributed by atoms with Gasteiger partial charge in [0.25, 0.3) is 0 Å². The molecule has 0 radical (unpaired) electrons. The van der Waals surface area contributed by atoms with Gasteiger partial charge in [0, 0.05) is 5.92 Å². The molecule has 2 aromatic carbocycles. The summed E-state index contributed by atoms with van der Waals surface area (Å²) in [6.45, 7) is 7.88. The first-order valence-electron chi connectivity index (χ1n) is 10.7. The van der Waals surface area contributed by atoms with Gasteiger partial charge in [0.15, 0.2) is 0 Å². The Morgan fingerprint density at radius 2 is 1.33 bits per heavy atom. The van der Waals surface area contributed by atoms with E-state index in [1.165, 1.54) is 31.7 Å². The summed E-state index contributed by atoms with van der Waals surface area (Å²) >= 11 is 0. The van der Waals surface area contributed by atoms with E-state index in [0.29, 0.717) is 0 Å². The lowest BCUT2D eigenvalue weighted by atomic mass is 9.75. The van der Waals surface area contributed by atoms with Crippen molar-refractivity contribution >= 4 is 0 Å². The molecule has 1 heterocycles. The maximum atomic E-state index is 11.9. The van der Waals surface area contributed by atoms with E-state index in [1.54, 1.807) is 0 Å². The van der Waals surface area contributed by atoms with E-state index in [0.717, 1.165) is 33.9 Å². The van der Waals surface area contributed by atoms with Gasteiger partial charge in [0.05, 0.1) is 33.3 Å². The lowest BCUT2D eigenvalue weighted by molar-refractivity contribution is -1.01. The fourth-order valence-corrected chi connectivity index (χ4v) is 4.70. The molecule has 0 aliphatic carbocycles. The molecule has 2 aromatic rings. The summed E-state index contributed by atoms with van der Waals surface area (Å²) in [6, 6.07) is 21.0. The predicted octanol–water partition coefficient (Wildman–Crippen LogP) is -2.31. The van der Waals surface area contributed by atoms with Crippen molar-refractivity contribution in [2.45, 2.75) is 25.4 Å². The van der Waals surface area contributed by atoms with Gasteiger partial charge in [-0.15, -0.1) is 0 Å². The zero-order valence-corrected chi connectivity index (χ0v) is 23.2. The minimum atomic E-state index is -0.805. The Labute approximate surface area is 217 Å². The molecule has 1 fully saturated rings. The molecule has 0 bridgehead atoms. The maximum absolute atomic E-state index is 11.9. The standard InChI is InChI=1S/C25H38N2O.2HI/c1-5-25(28,23-14-10-7-11-15-23)24(20-22-12-8-6-9-13-22)21-27(4)18-16-26(2,3)17-19-27;;/h6-15,24,28H,5,16-21H2,1-4H3;2*1H/q+2;;/p-2. The van der Waals surface area contributed by atoms with E-state index in [4.69, 9.17) is 0 Å². The highest BCUT2D eigenvalue weighted by atomic mass is 127. The van der Waals surface area contributed by atoms with E-state index < -0.39 is 5.60 Å². The molecule has 1 N–H and O–H groups in total. The van der Waals surface area contributed by atoms with Crippen molar-refractivity contribution in [3.8, 4) is 0 Å². The van der Waals surface area contributed by atoms with E-state index in [1.807, 2.05) is 18.2 Å². The van der Waals surface area contributed by atoms with Gasteiger partial charge >= 0.3 is 0 Å². The Morgan fingerprint density at radius 3 is 1.83 bits per heavy atom. The highest BCUT2D eigenvalue weighted by Crippen LogP contribution is 2.37. The third-order valence-corrected chi connectivity index (χ3v) is 6.96. The Balaban J connectivity index is 0.00000225. The average Bonchev–Trinajstić information content (AvgIpc) is 2.71. The van der Waals surface area contributed by atoms with Gasteiger partial charge in [-0.25, -0.2) is 0 Å². The maximum Gasteiger partial charge on any atom is 0.128 e. The van der Waals surface area contributed by atoms with Crippen LogP contribution in [0, 0.1) is 5.92 Å². The van der Waals surface area contributed by atoms with Gasteiger partial charge in [-0.2, -0.15) is 0 Å². The Morgan fingerprint density at radius 1 is 0.833 bits per heavy atom. The van der Waals surface area contributed by atoms with E-state index in [-0.39, 0.29) is 53.9 Å². The molecule has 1 aliphatic rings. The van der Waals surface area contributed by atoms with Crippen LogP contribution in [0.25, 0.3) is 0 Å². The molecule has 1 saturated heterocycles. The largest absolute Gasteiger partial charge is 1.00 e. The first-order chi connectivity index (χ1) is 13.3. The fraction of sp³-hybridized carbons (Fsp3) is 0.520. The molecular weight excluding hydrogens is 598 g/mol. The van der Waals surface area contributed by atoms with Crippen molar-refractivity contribution in [1.82, 2.24) is 0 Å². The van der Waals surface area contributed by atoms with E-state index in [2.05, 4.69) is 70.5 Å². The minimum absolute atomic E-state index is 0. The summed E-state index contributed by atoms with van der Waals surface area (Å²) in [7, 11) is 7.05. The van der Waals surface area contributed by atoms with Crippen molar-refractivity contribution < 1.29 is 62.0 Å². The molecule has 3 nitrogen and oxygen atoms in total. The molecule has 2 atom stereocenters. The number of aliphatic hydroxyl groups is 1. The van der Waals surface area contributed by atoms with Crippen molar-refractivity contribution in [1.29, 1.82) is 0 Å². The molecule has 30 heavy (non-hydrogen) atoms. The highest BCUT2D eigenvalue weighted by molar-refractivity contribution is 5.25. The number of hydrogen-bond acceptors (Lipinski definition) is 1. The zero-order chi connectivity index (χ0) is 20.3. The van der Waals surface area contributed by atoms with E-state index in [9.17, 15) is 5.11 Å². The monoisotopic (exact) mass is 636 g/mol. The molecule has 5 heteroatoms. The number of likely N-dealkylation sites (N-methyl/N-ethyl adjacent to an activating group) is 2. The summed E-state index contributed by atoms with van der Waals surface area (Å²) in [5, 5.41) is 11.9. The summed E-state index contributed by atoms with van der Waals surface area (Å²) in [4.78, 5) is 0. The second-order valence-corrected chi connectivity index (χ2v) is 9.66. The van der Waals surface area contributed by atoms with Gasteiger partial charge in [0.1, 0.15) is 26.2 Å². The topological polar surface area (TPSA) is 20.2 Å². The van der Waals surface area contributed by atoms with E-state index >= 15 is 0 Å². The second-order valence-electron chi connectivity index (χ2n) is 9.66. The number of piperazine rings is 1. The first kappa shape index (κ1) is 27.8. The quantitative estimate of drug-likeness (QED) is 0.268. The van der Waals surface area contributed by atoms with Crippen LogP contribution in [-0.4, -0.2) is 67.9 Å². The summed E-state index contributed by atoms with van der Waals surface area (Å²) in [6.07, 6.45) is 1.64. The molecule has 0 aromatic heterocycles.